The molecule has 1 saturated heterocycles. The molecule has 1 aliphatic rings. The van der Waals surface area contributed by atoms with Crippen LogP contribution >= 0.6 is 11.3 Å². The molecule has 3 heteroatoms. The van der Waals surface area contributed by atoms with E-state index in [0.717, 1.165) is 11.3 Å². The first-order valence-electron chi connectivity index (χ1n) is 6.02. The van der Waals surface area contributed by atoms with Gasteiger partial charge in [0, 0.05) is 4.88 Å². The number of Topliss-reactive ketones (excluding diaryl/α,β-unsaturated/α-hetero) is 1. The van der Waals surface area contributed by atoms with E-state index in [1.807, 2.05) is 32.9 Å². The number of hydrogen-bond donors (Lipinski definition) is 0. The highest BCUT2D eigenvalue weighted by molar-refractivity contribution is 7.14. The summed E-state index contributed by atoms with van der Waals surface area (Å²) in [7, 11) is 0. The second-order valence-electron chi connectivity index (χ2n) is 6.00. The summed E-state index contributed by atoms with van der Waals surface area (Å²) >= 11 is 1.58. The largest absolute Gasteiger partial charge is 0.369 e. The summed E-state index contributed by atoms with van der Waals surface area (Å²) < 4.78 is 5.98. The maximum Gasteiger partial charge on any atom is 0.178 e. The van der Waals surface area contributed by atoms with Gasteiger partial charge in [0.25, 0.3) is 0 Å². The summed E-state index contributed by atoms with van der Waals surface area (Å²) in [6.45, 7) is 10.2. The third kappa shape index (κ3) is 2.45. The zero-order valence-corrected chi connectivity index (χ0v) is 12.0. The van der Waals surface area contributed by atoms with Gasteiger partial charge < -0.3 is 4.74 Å². The Bertz CT molecular complexity index is 443. The van der Waals surface area contributed by atoms with Crippen LogP contribution in [0.5, 0.6) is 0 Å². The number of carbonyl (C=O) groups is 1. The van der Waals surface area contributed by atoms with Gasteiger partial charge >= 0.3 is 0 Å². The van der Waals surface area contributed by atoms with Crippen molar-refractivity contribution in [1.82, 2.24) is 0 Å². The highest BCUT2D eigenvalue weighted by Gasteiger charge is 2.49. The molecule has 1 atom stereocenters. The predicted molar refractivity (Wildman–Crippen MR) is 70.7 cm³/mol. The standard InChI is InChI=1S/C14H20O2S/c1-9-6-7-11(17-9)12(15)10-8-13(2,3)16-14(10,4)5/h6-7,10H,8H2,1-5H3. The fourth-order valence-corrected chi connectivity index (χ4v) is 3.57. The van der Waals surface area contributed by atoms with Crippen LogP contribution in [0.25, 0.3) is 0 Å². The summed E-state index contributed by atoms with van der Waals surface area (Å²) in [6.07, 6.45) is 0.801. The lowest BCUT2D eigenvalue weighted by atomic mass is 9.83. The molecule has 1 aromatic heterocycles. The Morgan fingerprint density at radius 3 is 2.41 bits per heavy atom. The molecule has 0 aromatic carbocycles. The zero-order chi connectivity index (χ0) is 12.8. The van der Waals surface area contributed by atoms with Gasteiger partial charge in [-0.25, -0.2) is 0 Å². The van der Waals surface area contributed by atoms with Crippen LogP contribution in [0.1, 0.15) is 48.7 Å². The number of hydrogen-bond acceptors (Lipinski definition) is 3. The van der Waals surface area contributed by atoms with Crippen molar-refractivity contribution in [1.29, 1.82) is 0 Å². The SMILES string of the molecule is Cc1ccc(C(=O)C2CC(C)(C)OC2(C)C)s1. The molecule has 0 aliphatic carbocycles. The number of thiophene rings is 1. The van der Waals surface area contributed by atoms with E-state index < -0.39 is 0 Å². The van der Waals surface area contributed by atoms with Crippen LogP contribution in [0.2, 0.25) is 0 Å². The maximum atomic E-state index is 12.5. The molecule has 0 bridgehead atoms. The van der Waals surface area contributed by atoms with E-state index in [2.05, 4.69) is 13.8 Å². The highest BCUT2D eigenvalue weighted by atomic mass is 32.1. The van der Waals surface area contributed by atoms with Gasteiger partial charge in [-0.2, -0.15) is 0 Å². The minimum atomic E-state index is -0.363. The molecule has 1 fully saturated rings. The highest BCUT2D eigenvalue weighted by Crippen LogP contribution is 2.43. The van der Waals surface area contributed by atoms with Gasteiger partial charge in [-0.3, -0.25) is 4.79 Å². The lowest BCUT2D eigenvalue weighted by molar-refractivity contribution is -0.0712. The van der Waals surface area contributed by atoms with Gasteiger partial charge in [-0.05, 0) is 53.2 Å². The van der Waals surface area contributed by atoms with E-state index in [1.165, 1.54) is 4.88 Å². The third-order valence-corrected chi connectivity index (χ3v) is 4.39. The molecule has 17 heavy (non-hydrogen) atoms. The Morgan fingerprint density at radius 1 is 1.35 bits per heavy atom. The average molecular weight is 252 g/mol. The number of ketones is 1. The summed E-state index contributed by atoms with van der Waals surface area (Å²) in [5.74, 6) is 0.203. The van der Waals surface area contributed by atoms with Gasteiger partial charge in [0.2, 0.25) is 0 Å². The number of carbonyl (C=O) groups excluding carboxylic acids is 1. The van der Waals surface area contributed by atoms with Crippen LogP contribution in [-0.2, 0) is 4.74 Å². The normalized spacial score (nSPS) is 26.1. The number of aryl methyl sites for hydroxylation is 1. The summed E-state index contributed by atoms with van der Waals surface area (Å²) in [5.41, 5.74) is -0.561. The van der Waals surface area contributed by atoms with Crippen molar-refractivity contribution in [2.75, 3.05) is 0 Å². The third-order valence-electron chi connectivity index (χ3n) is 3.37. The molecule has 2 rings (SSSR count). The van der Waals surface area contributed by atoms with Crippen LogP contribution in [-0.4, -0.2) is 17.0 Å². The Labute approximate surface area is 107 Å². The second kappa shape index (κ2) is 3.92. The van der Waals surface area contributed by atoms with E-state index in [0.29, 0.717) is 0 Å². The Kier molecular flexibility index (Phi) is 2.95. The zero-order valence-electron chi connectivity index (χ0n) is 11.2. The molecule has 94 valence electrons. The summed E-state index contributed by atoms with van der Waals surface area (Å²) in [5, 5.41) is 0. The van der Waals surface area contributed by atoms with Crippen LogP contribution in [0, 0.1) is 12.8 Å². The molecule has 1 aliphatic heterocycles. The van der Waals surface area contributed by atoms with Crippen LogP contribution in [0.3, 0.4) is 0 Å². The molecule has 1 unspecified atom stereocenters. The molecule has 2 nitrogen and oxygen atoms in total. The Morgan fingerprint density at radius 2 is 2.00 bits per heavy atom. The van der Waals surface area contributed by atoms with Crippen molar-refractivity contribution in [3.05, 3.63) is 21.9 Å². The van der Waals surface area contributed by atoms with Gasteiger partial charge in [-0.15, -0.1) is 11.3 Å². The van der Waals surface area contributed by atoms with Crippen molar-refractivity contribution >= 4 is 17.1 Å². The van der Waals surface area contributed by atoms with Crippen molar-refractivity contribution in [2.24, 2.45) is 5.92 Å². The number of rotatable bonds is 2. The van der Waals surface area contributed by atoms with E-state index in [1.54, 1.807) is 11.3 Å². The molecular weight excluding hydrogens is 232 g/mol. The van der Waals surface area contributed by atoms with Crippen molar-refractivity contribution in [2.45, 2.75) is 52.2 Å². The van der Waals surface area contributed by atoms with E-state index >= 15 is 0 Å². The molecule has 0 amide bonds. The van der Waals surface area contributed by atoms with Gasteiger partial charge in [0.05, 0.1) is 22.0 Å². The van der Waals surface area contributed by atoms with E-state index in [9.17, 15) is 4.79 Å². The molecule has 2 heterocycles. The first-order chi connectivity index (χ1) is 7.71. The van der Waals surface area contributed by atoms with Crippen molar-refractivity contribution < 1.29 is 9.53 Å². The van der Waals surface area contributed by atoms with Gasteiger partial charge in [0.1, 0.15) is 0 Å². The Hall–Kier alpha value is -0.670. The summed E-state index contributed by atoms with van der Waals surface area (Å²) in [6, 6.07) is 3.94. The van der Waals surface area contributed by atoms with E-state index in [4.69, 9.17) is 4.74 Å². The molecule has 0 saturated carbocycles. The summed E-state index contributed by atoms with van der Waals surface area (Å²) in [4.78, 5) is 14.5. The topological polar surface area (TPSA) is 26.3 Å². The smallest absolute Gasteiger partial charge is 0.178 e. The van der Waals surface area contributed by atoms with Gasteiger partial charge in [-0.1, -0.05) is 0 Å². The van der Waals surface area contributed by atoms with E-state index in [-0.39, 0.29) is 22.9 Å². The predicted octanol–water partition coefficient (Wildman–Crippen LogP) is 3.83. The molecule has 0 radical (unpaired) electrons. The van der Waals surface area contributed by atoms with Crippen LogP contribution in [0.4, 0.5) is 0 Å². The minimum Gasteiger partial charge on any atom is -0.369 e. The fraction of sp³-hybridized carbons (Fsp3) is 0.643. The minimum absolute atomic E-state index is 0.0319. The average Bonchev–Trinajstić information content (AvgIpc) is 2.66. The quantitative estimate of drug-likeness (QED) is 0.748. The van der Waals surface area contributed by atoms with Crippen LogP contribution in [0.15, 0.2) is 12.1 Å². The van der Waals surface area contributed by atoms with Crippen molar-refractivity contribution in [3.8, 4) is 0 Å². The first-order valence-corrected chi connectivity index (χ1v) is 6.84. The Balaban J connectivity index is 2.26. The lowest BCUT2D eigenvalue weighted by Gasteiger charge is -2.26. The molecular formula is C14H20O2S. The number of ether oxygens (including phenoxy) is 1. The molecule has 0 spiro atoms. The van der Waals surface area contributed by atoms with Crippen molar-refractivity contribution in [3.63, 3.8) is 0 Å². The van der Waals surface area contributed by atoms with Gasteiger partial charge in [0.15, 0.2) is 5.78 Å². The molecule has 0 N–H and O–H groups in total. The first kappa shape index (κ1) is 12.8. The second-order valence-corrected chi connectivity index (χ2v) is 7.28. The maximum absolute atomic E-state index is 12.5. The fourth-order valence-electron chi connectivity index (χ4n) is 2.71. The molecule has 1 aromatic rings. The lowest BCUT2D eigenvalue weighted by Crippen LogP contribution is -2.33. The monoisotopic (exact) mass is 252 g/mol. The van der Waals surface area contributed by atoms with Crippen LogP contribution < -0.4 is 0 Å².